The summed E-state index contributed by atoms with van der Waals surface area (Å²) >= 11 is 0. The molecule has 0 bridgehead atoms. The topological polar surface area (TPSA) is 25.6 Å². The molecule has 8 aromatic carbocycles. The molecule has 11 rings (SSSR count). The Bertz CT molecular complexity index is 2920. The van der Waals surface area contributed by atoms with Crippen molar-refractivity contribution in [1.82, 2.24) is 0 Å². The summed E-state index contributed by atoms with van der Waals surface area (Å²) in [7, 11) is 0. The largest absolute Gasteiger partial charge is 0.456 e. The lowest BCUT2D eigenvalue weighted by molar-refractivity contribution is 0.487. The van der Waals surface area contributed by atoms with Crippen molar-refractivity contribution < 1.29 is 9.15 Å². The van der Waals surface area contributed by atoms with Crippen LogP contribution in [0.2, 0.25) is 0 Å². The van der Waals surface area contributed by atoms with Gasteiger partial charge in [0.1, 0.15) is 22.7 Å². The first-order chi connectivity index (χ1) is 25.6. The fourth-order valence-corrected chi connectivity index (χ4v) is 8.98. The molecule has 3 nitrogen and oxygen atoms in total. The van der Waals surface area contributed by atoms with Crippen molar-refractivity contribution in [2.75, 3.05) is 4.90 Å². The van der Waals surface area contributed by atoms with Gasteiger partial charge in [0.05, 0.1) is 16.8 Å². The summed E-state index contributed by atoms with van der Waals surface area (Å²) in [6, 6.07) is 58.6. The van der Waals surface area contributed by atoms with Gasteiger partial charge in [-0.15, -0.1) is 0 Å². The van der Waals surface area contributed by atoms with Crippen LogP contribution < -0.4 is 9.64 Å². The first kappa shape index (κ1) is 29.2. The summed E-state index contributed by atoms with van der Waals surface area (Å²) in [5, 5.41) is 4.53. The fraction of sp³-hybridized carbons (Fsp3) is 0.0612. The van der Waals surface area contributed by atoms with Crippen molar-refractivity contribution >= 4 is 49.8 Å². The second kappa shape index (κ2) is 10.7. The third-order valence-electron chi connectivity index (χ3n) is 11.2. The van der Waals surface area contributed by atoms with E-state index in [-0.39, 0.29) is 5.41 Å². The highest BCUT2D eigenvalue weighted by molar-refractivity contribution is 6.14. The summed E-state index contributed by atoms with van der Waals surface area (Å²) in [4.78, 5) is 2.43. The van der Waals surface area contributed by atoms with Gasteiger partial charge in [0.2, 0.25) is 0 Å². The molecule has 9 aromatic rings. The minimum absolute atomic E-state index is 0.219. The lowest BCUT2D eigenvalue weighted by atomic mass is 9.81. The van der Waals surface area contributed by atoms with Gasteiger partial charge in [-0.2, -0.15) is 0 Å². The summed E-state index contributed by atoms with van der Waals surface area (Å²) in [5.74, 6) is 1.72. The minimum Gasteiger partial charge on any atom is -0.456 e. The van der Waals surface area contributed by atoms with Gasteiger partial charge in [-0.25, -0.2) is 0 Å². The third kappa shape index (κ3) is 4.02. The molecule has 1 aliphatic heterocycles. The summed E-state index contributed by atoms with van der Waals surface area (Å²) in [6.45, 7) is 4.70. The average Bonchev–Trinajstić information content (AvgIpc) is 3.68. The van der Waals surface area contributed by atoms with E-state index in [9.17, 15) is 0 Å². The smallest absolute Gasteiger partial charge is 0.137 e. The van der Waals surface area contributed by atoms with E-state index in [0.717, 1.165) is 61.4 Å². The van der Waals surface area contributed by atoms with E-state index in [2.05, 4.69) is 176 Å². The Hall–Kier alpha value is -6.58. The van der Waals surface area contributed by atoms with Crippen LogP contribution in [0.5, 0.6) is 11.5 Å². The number of anilines is 3. The van der Waals surface area contributed by atoms with E-state index in [1.54, 1.807) is 0 Å². The molecule has 1 aromatic heterocycles. The summed E-state index contributed by atoms with van der Waals surface area (Å²) in [5.41, 5.74) is 14.7. The molecule has 0 saturated heterocycles. The average molecular weight is 668 g/mol. The maximum atomic E-state index is 6.88. The minimum atomic E-state index is -0.219. The van der Waals surface area contributed by atoms with Crippen molar-refractivity contribution in [3.05, 3.63) is 175 Å². The van der Waals surface area contributed by atoms with Crippen molar-refractivity contribution in [1.29, 1.82) is 0 Å². The van der Waals surface area contributed by atoms with Crippen LogP contribution in [-0.2, 0) is 5.41 Å². The Kier molecular flexibility index (Phi) is 6.01. The van der Waals surface area contributed by atoms with E-state index in [1.807, 2.05) is 6.07 Å². The van der Waals surface area contributed by atoms with Crippen LogP contribution >= 0.6 is 0 Å². The first-order valence-electron chi connectivity index (χ1n) is 17.9. The van der Waals surface area contributed by atoms with Crippen LogP contribution in [0.3, 0.4) is 0 Å². The molecule has 246 valence electrons. The van der Waals surface area contributed by atoms with E-state index in [1.165, 1.54) is 44.3 Å². The second-order valence-electron chi connectivity index (χ2n) is 14.4. The highest BCUT2D eigenvalue weighted by Gasteiger charge is 2.39. The van der Waals surface area contributed by atoms with Crippen LogP contribution in [-0.4, -0.2) is 0 Å². The number of fused-ring (bicyclic) bond motifs is 8. The van der Waals surface area contributed by atoms with Crippen LogP contribution in [0.15, 0.2) is 168 Å². The zero-order valence-electron chi connectivity index (χ0n) is 28.9. The number of ether oxygens (including phenoxy) is 1. The number of hydrogen-bond donors (Lipinski definition) is 0. The van der Waals surface area contributed by atoms with E-state index < -0.39 is 0 Å². The highest BCUT2D eigenvalue weighted by Crippen LogP contribution is 2.56. The number of furan rings is 1. The third-order valence-corrected chi connectivity index (χ3v) is 11.2. The molecule has 2 aliphatic rings. The molecular weight excluding hydrogens is 635 g/mol. The lowest BCUT2D eigenvalue weighted by Crippen LogP contribution is -2.20. The van der Waals surface area contributed by atoms with Gasteiger partial charge in [-0.3, -0.25) is 0 Å². The number of rotatable bonds is 4. The Labute approximate surface area is 302 Å². The zero-order valence-corrected chi connectivity index (χ0v) is 28.9. The van der Waals surface area contributed by atoms with Crippen LogP contribution in [0.25, 0.3) is 66.1 Å². The summed E-state index contributed by atoms with van der Waals surface area (Å²) < 4.78 is 13.3. The quantitative estimate of drug-likeness (QED) is 0.187. The Morgan fingerprint density at radius 3 is 2.08 bits per heavy atom. The van der Waals surface area contributed by atoms with E-state index in [0.29, 0.717) is 0 Å². The predicted molar refractivity (Wildman–Crippen MR) is 214 cm³/mol. The fourth-order valence-electron chi connectivity index (χ4n) is 8.98. The van der Waals surface area contributed by atoms with Crippen molar-refractivity contribution in [3.8, 4) is 44.9 Å². The maximum absolute atomic E-state index is 6.88. The molecule has 0 radical (unpaired) electrons. The van der Waals surface area contributed by atoms with Crippen LogP contribution in [0, 0.1) is 0 Å². The Balaban J connectivity index is 1.16. The first-order valence-corrected chi connectivity index (χ1v) is 17.9. The summed E-state index contributed by atoms with van der Waals surface area (Å²) in [6.07, 6.45) is 0. The van der Waals surface area contributed by atoms with Gasteiger partial charge in [0, 0.05) is 33.5 Å². The molecule has 52 heavy (non-hydrogen) atoms. The second-order valence-corrected chi connectivity index (χ2v) is 14.4. The molecule has 1 aliphatic carbocycles. The van der Waals surface area contributed by atoms with Gasteiger partial charge in [0.15, 0.2) is 0 Å². The highest BCUT2D eigenvalue weighted by atomic mass is 16.5. The molecule has 0 amide bonds. The molecule has 0 unspecified atom stereocenters. The maximum Gasteiger partial charge on any atom is 0.137 e. The molecule has 2 heterocycles. The number of nitrogens with zero attached hydrogens (tertiary/aromatic N) is 1. The number of hydrogen-bond acceptors (Lipinski definition) is 3. The van der Waals surface area contributed by atoms with Crippen LogP contribution in [0.4, 0.5) is 17.1 Å². The molecule has 0 atom stereocenters. The lowest BCUT2D eigenvalue weighted by Gasteiger charge is -2.33. The molecule has 0 fully saturated rings. The Morgan fingerprint density at radius 1 is 0.462 bits per heavy atom. The number of para-hydroxylation sites is 1. The molecule has 0 spiro atoms. The van der Waals surface area contributed by atoms with Crippen molar-refractivity contribution in [2.24, 2.45) is 0 Å². The van der Waals surface area contributed by atoms with Crippen molar-refractivity contribution in [2.45, 2.75) is 19.3 Å². The monoisotopic (exact) mass is 667 g/mol. The van der Waals surface area contributed by atoms with Gasteiger partial charge < -0.3 is 14.1 Å². The molecule has 0 N–H and O–H groups in total. The van der Waals surface area contributed by atoms with Gasteiger partial charge >= 0.3 is 0 Å². The standard InChI is InChI=1S/C49H33NO2/c1-49(2)39-20-8-6-15-33(39)37-19-11-22-41(48(37)49)50(40-21-12-24-43-47(40)38-16-7-9-23-42(38)51-43)31-25-26-34-36-18-10-17-35-32(30-13-4-3-5-14-30)27-28-44(46(35)36)52-45(34)29-31/h3-29H,1-2H3. The van der Waals surface area contributed by atoms with Crippen molar-refractivity contribution in [3.63, 3.8) is 0 Å². The van der Waals surface area contributed by atoms with Gasteiger partial charge in [-0.1, -0.05) is 129 Å². The van der Waals surface area contributed by atoms with E-state index >= 15 is 0 Å². The SMILES string of the molecule is CC1(C)c2ccccc2-c2cccc(N(c3ccc4c(c3)Oc3ccc(-c5ccccc5)c5cccc-4c35)c3cccc4oc5ccccc5c34)c21. The molecule has 3 heteroatoms. The van der Waals surface area contributed by atoms with Crippen LogP contribution in [0.1, 0.15) is 25.0 Å². The van der Waals surface area contributed by atoms with E-state index in [4.69, 9.17) is 9.15 Å². The van der Waals surface area contributed by atoms with Gasteiger partial charge in [0.25, 0.3) is 0 Å². The number of benzene rings is 8. The normalized spacial score (nSPS) is 13.5. The Morgan fingerprint density at radius 2 is 1.15 bits per heavy atom. The predicted octanol–water partition coefficient (Wildman–Crippen LogP) is 14.0. The molecule has 0 saturated carbocycles. The molecular formula is C49H33NO2. The zero-order chi connectivity index (χ0) is 34.6. The van der Waals surface area contributed by atoms with Gasteiger partial charge in [-0.05, 0) is 86.8 Å².